The Morgan fingerprint density at radius 3 is 2.88 bits per heavy atom. The van der Waals surface area contributed by atoms with Gasteiger partial charge < -0.3 is 15.8 Å². The predicted octanol–water partition coefficient (Wildman–Crippen LogP) is 1.41. The molecule has 1 aromatic carbocycles. The maximum Gasteiger partial charge on any atom is 0.255 e. The standard InChI is InChI=1S/C10H11BrFN3O2/c1-15(5-9(13)14-17)10(16)7-4-6(12)2-3-8(7)11/h2-4,17H,5H2,1H3,(H2,13,14). The number of amidine groups is 1. The van der Waals surface area contributed by atoms with Crippen molar-refractivity contribution in [2.45, 2.75) is 0 Å². The maximum atomic E-state index is 13.0. The number of nitrogens with two attached hydrogens (primary N) is 1. The summed E-state index contributed by atoms with van der Waals surface area (Å²) in [6, 6.07) is 3.81. The van der Waals surface area contributed by atoms with Crippen molar-refractivity contribution in [3.63, 3.8) is 0 Å². The highest BCUT2D eigenvalue weighted by Crippen LogP contribution is 2.19. The van der Waals surface area contributed by atoms with Crippen molar-refractivity contribution >= 4 is 27.7 Å². The molecule has 0 radical (unpaired) electrons. The van der Waals surface area contributed by atoms with E-state index >= 15 is 0 Å². The van der Waals surface area contributed by atoms with Crippen molar-refractivity contribution in [1.29, 1.82) is 0 Å². The number of likely N-dealkylation sites (N-methyl/N-ethyl adjacent to an activating group) is 1. The SMILES string of the molecule is CN(CC(N)=NO)C(=O)c1cc(F)ccc1Br. The lowest BCUT2D eigenvalue weighted by Gasteiger charge is -2.16. The van der Waals surface area contributed by atoms with Gasteiger partial charge in [0.15, 0.2) is 5.84 Å². The Kier molecular flexibility index (Phi) is 4.45. The van der Waals surface area contributed by atoms with Crippen molar-refractivity contribution in [2.24, 2.45) is 10.9 Å². The number of benzene rings is 1. The van der Waals surface area contributed by atoms with Crippen molar-refractivity contribution < 1.29 is 14.4 Å². The van der Waals surface area contributed by atoms with Gasteiger partial charge in [-0.2, -0.15) is 0 Å². The van der Waals surface area contributed by atoms with Crippen LogP contribution in [0.2, 0.25) is 0 Å². The highest BCUT2D eigenvalue weighted by atomic mass is 79.9. The monoisotopic (exact) mass is 303 g/mol. The Bertz CT molecular complexity index is 465. The summed E-state index contributed by atoms with van der Waals surface area (Å²) >= 11 is 3.16. The first-order valence-corrected chi connectivity index (χ1v) is 5.42. The molecule has 92 valence electrons. The topological polar surface area (TPSA) is 78.9 Å². The summed E-state index contributed by atoms with van der Waals surface area (Å²) in [6.45, 7) is -0.0434. The first-order chi connectivity index (χ1) is 7.95. The molecule has 0 aliphatic carbocycles. The average Bonchev–Trinajstić information content (AvgIpc) is 2.31. The van der Waals surface area contributed by atoms with E-state index in [9.17, 15) is 9.18 Å². The predicted molar refractivity (Wildman–Crippen MR) is 64.5 cm³/mol. The molecular formula is C10H11BrFN3O2. The van der Waals surface area contributed by atoms with Gasteiger partial charge in [0.1, 0.15) is 5.82 Å². The zero-order valence-electron chi connectivity index (χ0n) is 9.02. The largest absolute Gasteiger partial charge is 0.409 e. The number of carbonyl (C=O) groups excluding carboxylic acids is 1. The number of halogens is 2. The summed E-state index contributed by atoms with van der Waals surface area (Å²) in [5, 5.41) is 11.1. The molecule has 5 nitrogen and oxygen atoms in total. The molecule has 0 aromatic heterocycles. The van der Waals surface area contributed by atoms with E-state index in [-0.39, 0.29) is 17.9 Å². The van der Waals surface area contributed by atoms with Crippen molar-refractivity contribution in [1.82, 2.24) is 4.90 Å². The maximum absolute atomic E-state index is 13.0. The second-order valence-electron chi connectivity index (χ2n) is 3.38. The Hall–Kier alpha value is -1.63. The number of rotatable bonds is 3. The summed E-state index contributed by atoms with van der Waals surface area (Å²) in [7, 11) is 1.47. The Morgan fingerprint density at radius 2 is 2.29 bits per heavy atom. The summed E-state index contributed by atoms with van der Waals surface area (Å²) < 4.78 is 13.5. The molecule has 0 atom stereocenters. The van der Waals surface area contributed by atoms with Gasteiger partial charge in [0.05, 0.1) is 12.1 Å². The van der Waals surface area contributed by atoms with Gasteiger partial charge in [-0.15, -0.1) is 0 Å². The molecule has 0 saturated heterocycles. The molecule has 0 unspecified atom stereocenters. The number of hydrogen-bond donors (Lipinski definition) is 2. The van der Waals surface area contributed by atoms with Crippen LogP contribution in [0.5, 0.6) is 0 Å². The molecule has 0 fully saturated rings. The van der Waals surface area contributed by atoms with E-state index in [4.69, 9.17) is 10.9 Å². The van der Waals surface area contributed by atoms with Crippen LogP contribution >= 0.6 is 15.9 Å². The lowest BCUT2D eigenvalue weighted by atomic mass is 10.2. The summed E-state index contributed by atoms with van der Waals surface area (Å²) in [5.74, 6) is -1.04. The number of hydrogen-bond acceptors (Lipinski definition) is 3. The fourth-order valence-corrected chi connectivity index (χ4v) is 1.63. The fourth-order valence-electron chi connectivity index (χ4n) is 1.21. The zero-order chi connectivity index (χ0) is 13.0. The third kappa shape index (κ3) is 3.42. The molecule has 0 aliphatic heterocycles. The van der Waals surface area contributed by atoms with E-state index in [1.807, 2.05) is 0 Å². The zero-order valence-corrected chi connectivity index (χ0v) is 10.6. The summed E-state index contributed by atoms with van der Waals surface area (Å²) in [5.41, 5.74) is 5.46. The van der Waals surface area contributed by atoms with E-state index in [1.54, 1.807) is 0 Å². The van der Waals surface area contributed by atoms with Crippen LogP contribution in [0.15, 0.2) is 27.8 Å². The number of oxime groups is 1. The third-order valence-electron chi connectivity index (χ3n) is 2.03. The second kappa shape index (κ2) is 5.62. The van der Waals surface area contributed by atoms with Gasteiger partial charge in [0, 0.05) is 11.5 Å². The molecule has 17 heavy (non-hydrogen) atoms. The van der Waals surface area contributed by atoms with Gasteiger partial charge in [-0.3, -0.25) is 4.79 Å². The molecular weight excluding hydrogens is 293 g/mol. The van der Waals surface area contributed by atoms with Gasteiger partial charge >= 0.3 is 0 Å². The lowest BCUT2D eigenvalue weighted by Crippen LogP contribution is -2.35. The second-order valence-corrected chi connectivity index (χ2v) is 4.23. The molecule has 0 saturated carbocycles. The van der Waals surface area contributed by atoms with Crippen LogP contribution in [0.3, 0.4) is 0 Å². The summed E-state index contributed by atoms with van der Waals surface area (Å²) in [4.78, 5) is 13.1. The molecule has 1 amide bonds. The van der Waals surface area contributed by atoms with Crippen molar-refractivity contribution in [3.8, 4) is 0 Å². The third-order valence-corrected chi connectivity index (χ3v) is 2.72. The van der Waals surface area contributed by atoms with E-state index < -0.39 is 11.7 Å². The summed E-state index contributed by atoms with van der Waals surface area (Å²) in [6.07, 6.45) is 0. The minimum atomic E-state index is -0.506. The number of carbonyl (C=O) groups is 1. The highest BCUT2D eigenvalue weighted by molar-refractivity contribution is 9.10. The Balaban J connectivity index is 2.92. The van der Waals surface area contributed by atoms with Crippen LogP contribution in [0.4, 0.5) is 4.39 Å². The minimum absolute atomic E-state index is 0.0434. The molecule has 1 aromatic rings. The van der Waals surface area contributed by atoms with Crippen LogP contribution in [0.1, 0.15) is 10.4 Å². The normalized spacial score (nSPS) is 11.4. The average molecular weight is 304 g/mol. The van der Waals surface area contributed by atoms with Gasteiger partial charge in [0.25, 0.3) is 5.91 Å². The van der Waals surface area contributed by atoms with Gasteiger partial charge in [-0.1, -0.05) is 5.16 Å². The van der Waals surface area contributed by atoms with Gasteiger partial charge in [-0.25, -0.2) is 4.39 Å². The number of amides is 1. The minimum Gasteiger partial charge on any atom is -0.409 e. The molecule has 0 aliphatic rings. The van der Waals surface area contributed by atoms with E-state index in [0.29, 0.717) is 4.47 Å². The Labute approximate surface area is 106 Å². The first kappa shape index (κ1) is 13.4. The van der Waals surface area contributed by atoms with Crippen LogP contribution in [0, 0.1) is 5.82 Å². The van der Waals surface area contributed by atoms with Gasteiger partial charge in [0.2, 0.25) is 0 Å². The van der Waals surface area contributed by atoms with Crippen molar-refractivity contribution in [3.05, 3.63) is 34.1 Å². The smallest absolute Gasteiger partial charge is 0.255 e. The van der Waals surface area contributed by atoms with Crippen LogP contribution in [-0.4, -0.2) is 35.4 Å². The fraction of sp³-hybridized carbons (Fsp3) is 0.200. The van der Waals surface area contributed by atoms with E-state index in [2.05, 4.69) is 21.1 Å². The molecule has 0 heterocycles. The quantitative estimate of drug-likeness (QED) is 0.383. The molecule has 3 N–H and O–H groups in total. The molecule has 0 spiro atoms. The van der Waals surface area contributed by atoms with Crippen molar-refractivity contribution in [2.75, 3.05) is 13.6 Å². The highest BCUT2D eigenvalue weighted by Gasteiger charge is 2.16. The van der Waals surface area contributed by atoms with Crippen LogP contribution in [0.25, 0.3) is 0 Å². The molecule has 7 heteroatoms. The Morgan fingerprint density at radius 1 is 1.65 bits per heavy atom. The van der Waals surface area contributed by atoms with E-state index in [1.165, 1.54) is 24.1 Å². The first-order valence-electron chi connectivity index (χ1n) is 4.62. The lowest BCUT2D eigenvalue weighted by molar-refractivity contribution is 0.0812. The molecule has 1 rings (SSSR count). The van der Waals surface area contributed by atoms with E-state index in [0.717, 1.165) is 6.07 Å². The van der Waals surface area contributed by atoms with Crippen LogP contribution in [-0.2, 0) is 0 Å². The van der Waals surface area contributed by atoms with Crippen LogP contribution < -0.4 is 5.73 Å². The molecule has 0 bridgehead atoms. The number of nitrogens with zero attached hydrogens (tertiary/aromatic N) is 2. The van der Waals surface area contributed by atoms with Gasteiger partial charge in [-0.05, 0) is 34.1 Å².